The van der Waals surface area contributed by atoms with E-state index in [1.807, 2.05) is 42.6 Å². The van der Waals surface area contributed by atoms with E-state index < -0.39 is 0 Å². The standard InChI is InChI=1S/C20H15N3OS/c1-14-2-8-17(9-3-14)18-10-11-25-19(18)20(24)23-22-13-16-6-4-15(12-21)5-7-16/h2-11,13H,1H3,(H,23,24)/b22-13-. The van der Waals surface area contributed by atoms with Gasteiger partial charge in [0.1, 0.15) is 4.88 Å². The Bertz CT molecular complexity index is 948. The first-order valence-corrected chi connectivity index (χ1v) is 8.53. The van der Waals surface area contributed by atoms with Gasteiger partial charge in [0, 0.05) is 5.56 Å². The monoisotopic (exact) mass is 345 g/mol. The number of nitriles is 1. The molecule has 0 aliphatic rings. The smallest absolute Gasteiger partial charge is 0.266 e. The number of amides is 1. The fourth-order valence-electron chi connectivity index (χ4n) is 2.31. The topological polar surface area (TPSA) is 65.2 Å². The maximum absolute atomic E-state index is 12.4. The maximum atomic E-state index is 12.4. The second kappa shape index (κ2) is 7.56. The van der Waals surface area contributed by atoms with E-state index in [1.165, 1.54) is 16.9 Å². The number of nitrogens with one attached hydrogen (secondary N) is 1. The molecule has 4 nitrogen and oxygen atoms in total. The third kappa shape index (κ3) is 4.00. The van der Waals surface area contributed by atoms with Gasteiger partial charge in [0.05, 0.1) is 17.8 Å². The van der Waals surface area contributed by atoms with Crippen LogP contribution in [0.15, 0.2) is 65.1 Å². The fraction of sp³-hybridized carbons (Fsp3) is 0.0500. The summed E-state index contributed by atoms with van der Waals surface area (Å²) < 4.78 is 0. The predicted octanol–water partition coefficient (Wildman–Crippen LogP) is 4.36. The largest absolute Gasteiger partial charge is 0.282 e. The first kappa shape index (κ1) is 16.6. The summed E-state index contributed by atoms with van der Waals surface area (Å²) >= 11 is 1.39. The van der Waals surface area contributed by atoms with Gasteiger partial charge in [-0.1, -0.05) is 42.0 Å². The van der Waals surface area contributed by atoms with Crippen LogP contribution in [0.25, 0.3) is 11.1 Å². The highest BCUT2D eigenvalue weighted by atomic mass is 32.1. The molecule has 1 aromatic heterocycles. The molecule has 0 fully saturated rings. The summed E-state index contributed by atoms with van der Waals surface area (Å²) in [5.74, 6) is -0.240. The van der Waals surface area contributed by atoms with E-state index in [0.29, 0.717) is 10.4 Å². The predicted molar refractivity (Wildman–Crippen MR) is 101 cm³/mol. The van der Waals surface area contributed by atoms with E-state index in [2.05, 4.69) is 16.6 Å². The lowest BCUT2D eigenvalue weighted by Gasteiger charge is -2.03. The second-order valence-electron chi connectivity index (χ2n) is 5.46. The molecule has 1 heterocycles. The fourth-order valence-corrected chi connectivity index (χ4v) is 3.11. The van der Waals surface area contributed by atoms with Crippen molar-refractivity contribution < 1.29 is 4.79 Å². The summed E-state index contributed by atoms with van der Waals surface area (Å²) in [4.78, 5) is 13.0. The van der Waals surface area contributed by atoms with Gasteiger partial charge in [0.25, 0.3) is 5.91 Å². The Morgan fingerprint density at radius 3 is 2.52 bits per heavy atom. The molecule has 25 heavy (non-hydrogen) atoms. The highest BCUT2D eigenvalue weighted by Gasteiger charge is 2.13. The van der Waals surface area contributed by atoms with Gasteiger partial charge in [-0.2, -0.15) is 10.4 Å². The van der Waals surface area contributed by atoms with Gasteiger partial charge in [0.15, 0.2) is 0 Å². The van der Waals surface area contributed by atoms with Gasteiger partial charge < -0.3 is 0 Å². The number of nitrogens with zero attached hydrogens (tertiary/aromatic N) is 2. The number of hydrogen-bond donors (Lipinski definition) is 1. The molecular weight excluding hydrogens is 330 g/mol. The number of hydrazone groups is 1. The Balaban J connectivity index is 1.71. The van der Waals surface area contributed by atoms with Gasteiger partial charge in [-0.25, -0.2) is 5.43 Å². The van der Waals surface area contributed by atoms with Crippen molar-refractivity contribution in [3.63, 3.8) is 0 Å². The molecule has 122 valence electrons. The zero-order valence-corrected chi connectivity index (χ0v) is 14.4. The molecule has 0 radical (unpaired) electrons. The summed E-state index contributed by atoms with van der Waals surface area (Å²) in [6.45, 7) is 2.03. The van der Waals surface area contributed by atoms with Crippen LogP contribution in [0.2, 0.25) is 0 Å². The average molecular weight is 345 g/mol. The zero-order chi connectivity index (χ0) is 17.6. The van der Waals surface area contributed by atoms with Gasteiger partial charge >= 0.3 is 0 Å². The zero-order valence-electron chi connectivity index (χ0n) is 13.6. The summed E-state index contributed by atoms with van der Waals surface area (Å²) in [6, 6.07) is 19.0. The number of carbonyl (C=O) groups is 1. The lowest BCUT2D eigenvalue weighted by atomic mass is 10.1. The minimum atomic E-state index is -0.240. The van der Waals surface area contributed by atoms with Gasteiger partial charge in [0.2, 0.25) is 0 Å². The van der Waals surface area contributed by atoms with Crippen molar-refractivity contribution in [2.45, 2.75) is 6.92 Å². The maximum Gasteiger partial charge on any atom is 0.282 e. The Labute approximate surface area is 150 Å². The summed E-state index contributed by atoms with van der Waals surface area (Å²) in [5, 5.41) is 14.7. The third-order valence-electron chi connectivity index (χ3n) is 3.65. The molecule has 2 aromatic carbocycles. The van der Waals surface area contributed by atoms with Gasteiger partial charge in [-0.15, -0.1) is 11.3 Å². The van der Waals surface area contributed by atoms with Crippen molar-refractivity contribution in [3.05, 3.63) is 81.5 Å². The molecule has 0 saturated heterocycles. The lowest BCUT2D eigenvalue weighted by molar-refractivity contribution is 0.0960. The molecule has 3 rings (SSSR count). The van der Waals surface area contributed by atoms with Crippen molar-refractivity contribution >= 4 is 23.5 Å². The quantitative estimate of drug-likeness (QED) is 0.564. The van der Waals surface area contributed by atoms with Crippen molar-refractivity contribution in [2.24, 2.45) is 5.10 Å². The molecule has 1 amide bonds. The highest BCUT2D eigenvalue weighted by molar-refractivity contribution is 7.12. The number of thiophene rings is 1. The summed E-state index contributed by atoms with van der Waals surface area (Å²) in [7, 11) is 0. The van der Waals surface area contributed by atoms with E-state index in [-0.39, 0.29) is 5.91 Å². The highest BCUT2D eigenvalue weighted by Crippen LogP contribution is 2.28. The molecule has 3 aromatic rings. The van der Waals surface area contributed by atoms with Crippen molar-refractivity contribution in [1.82, 2.24) is 5.43 Å². The number of aryl methyl sites for hydroxylation is 1. The third-order valence-corrected chi connectivity index (χ3v) is 4.57. The lowest BCUT2D eigenvalue weighted by Crippen LogP contribution is -2.17. The first-order valence-electron chi connectivity index (χ1n) is 7.65. The molecule has 0 bridgehead atoms. The van der Waals surface area contributed by atoms with Gasteiger partial charge in [-0.3, -0.25) is 4.79 Å². The van der Waals surface area contributed by atoms with Crippen LogP contribution in [-0.2, 0) is 0 Å². The van der Waals surface area contributed by atoms with Crippen molar-refractivity contribution in [1.29, 1.82) is 5.26 Å². The Kier molecular flexibility index (Phi) is 5.03. The normalized spacial score (nSPS) is 10.6. The molecular formula is C20H15N3OS. The summed E-state index contributed by atoms with van der Waals surface area (Å²) in [6.07, 6.45) is 1.55. The Morgan fingerprint density at radius 2 is 1.84 bits per heavy atom. The van der Waals surface area contributed by atoms with Crippen LogP contribution in [-0.4, -0.2) is 12.1 Å². The molecule has 1 N–H and O–H groups in total. The number of hydrogen-bond acceptors (Lipinski definition) is 4. The van der Waals surface area contributed by atoms with Crippen LogP contribution >= 0.6 is 11.3 Å². The van der Waals surface area contributed by atoms with E-state index >= 15 is 0 Å². The van der Waals surface area contributed by atoms with Crippen LogP contribution in [0.1, 0.15) is 26.4 Å². The number of benzene rings is 2. The minimum absolute atomic E-state index is 0.240. The van der Waals surface area contributed by atoms with Gasteiger partial charge in [-0.05, 0) is 41.6 Å². The number of carbonyl (C=O) groups excluding carboxylic acids is 1. The van der Waals surface area contributed by atoms with E-state index in [1.54, 1.807) is 30.5 Å². The molecule has 5 heteroatoms. The van der Waals surface area contributed by atoms with Crippen molar-refractivity contribution in [2.75, 3.05) is 0 Å². The molecule has 0 saturated carbocycles. The molecule has 0 spiro atoms. The Hall–Kier alpha value is -3.23. The number of rotatable bonds is 4. The summed E-state index contributed by atoms with van der Waals surface area (Å²) in [5.41, 5.74) is 7.04. The van der Waals surface area contributed by atoms with E-state index in [0.717, 1.165) is 16.7 Å². The Morgan fingerprint density at radius 1 is 1.12 bits per heavy atom. The van der Waals surface area contributed by atoms with Crippen LogP contribution in [0.3, 0.4) is 0 Å². The van der Waals surface area contributed by atoms with Crippen LogP contribution in [0.5, 0.6) is 0 Å². The molecule has 0 atom stereocenters. The van der Waals surface area contributed by atoms with E-state index in [9.17, 15) is 4.79 Å². The first-order chi connectivity index (χ1) is 12.2. The van der Waals surface area contributed by atoms with Crippen LogP contribution in [0.4, 0.5) is 0 Å². The van der Waals surface area contributed by atoms with E-state index in [4.69, 9.17) is 5.26 Å². The van der Waals surface area contributed by atoms with Crippen molar-refractivity contribution in [3.8, 4) is 17.2 Å². The molecule has 0 unspecified atom stereocenters. The van der Waals surface area contributed by atoms with Crippen LogP contribution < -0.4 is 5.43 Å². The minimum Gasteiger partial charge on any atom is -0.266 e. The second-order valence-corrected chi connectivity index (χ2v) is 6.38. The SMILES string of the molecule is Cc1ccc(-c2ccsc2C(=O)N/N=C\c2ccc(C#N)cc2)cc1. The molecule has 0 aliphatic heterocycles. The molecule has 0 aliphatic carbocycles. The average Bonchev–Trinajstić information content (AvgIpc) is 3.13. The van der Waals surface area contributed by atoms with Crippen LogP contribution in [0, 0.1) is 18.3 Å².